The van der Waals surface area contributed by atoms with Crippen molar-refractivity contribution in [3.8, 4) is 5.75 Å². The Labute approximate surface area is 198 Å². The number of amides is 3. The Morgan fingerprint density at radius 2 is 1.76 bits per heavy atom. The van der Waals surface area contributed by atoms with Gasteiger partial charge in [-0.3, -0.25) is 19.2 Å². The number of aryl methyl sites for hydroxylation is 1. The lowest BCUT2D eigenvalue weighted by atomic mass is 9.78. The molecule has 0 bridgehead atoms. The largest absolute Gasteiger partial charge is 0.426 e. The van der Waals surface area contributed by atoms with E-state index in [2.05, 4.69) is 0 Å². The first-order valence-electron chi connectivity index (χ1n) is 11.6. The number of hydrogen-bond acceptors (Lipinski definition) is 5. The molecule has 2 fully saturated rings. The third-order valence-corrected chi connectivity index (χ3v) is 6.94. The Balaban J connectivity index is 1.30. The molecule has 0 radical (unpaired) electrons. The zero-order valence-electron chi connectivity index (χ0n) is 19.1. The van der Waals surface area contributed by atoms with E-state index in [4.69, 9.17) is 4.74 Å². The SMILES string of the molecule is Cc1cccc(N2C[C@H](C(=O)Oc3cccc(N4C(=O)[C@@H]5[C@H](C)C=CC[C@H]5C4=O)c3)CC2=O)c1. The maximum absolute atomic E-state index is 13.1. The van der Waals surface area contributed by atoms with Gasteiger partial charge in [-0.1, -0.05) is 37.3 Å². The van der Waals surface area contributed by atoms with Gasteiger partial charge >= 0.3 is 5.97 Å². The highest BCUT2D eigenvalue weighted by atomic mass is 16.5. The average Bonchev–Trinajstić information content (AvgIpc) is 3.32. The molecule has 0 N–H and O–H groups in total. The van der Waals surface area contributed by atoms with Gasteiger partial charge in [-0.15, -0.1) is 0 Å². The van der Waals surface area contributed by atoms with Crippen LogP contribution in [0.15, 0.2) is 60.7 Å². The molecule has 3 aliphatic rings. The van der Waals surface area contributed by atoms with Crippen LogP contribution in [0.5, 0.6) is 5.75 Å². The van der Waals surface area contributed by atoms with Crippen LogP contribution < -0.4 is 14.5 Å². The monoisotopic (exact) mass is 458 g/mol. The lowest BCUT2D eigenvalue weighted by molar-refractivity contribution is -0.139. The van der Waals surface area contributed by atoms with E-state index >= 15 is 0 Å². The maximum Gasteiger partial charge on any atom is 0.316 e. The van der Waals surface area contributed by atoms with Crippen molar-refractivity contribution in [3.05, 3.63) is 66.2 Å². The Kier molecular flexibility index (Phi) is 5.55. The maximum atomic E-state index is 13.1. The summed E-state index contributed by atoms with van der Waals surface area (Å²) in [5, 5.41) is 0. The normalized spacial score (nSPS) is 26.2. The van der Waals surface area contributed by atoms with Gasteiger partial charge in [0.2, 0.25) is 17.7 Å². The van der Waals surface area contributed by atoms with Crippen molar-refractivity contribution in [2.45, 2.75) is 26.7 Å². The van der Waals surface area contributed by atoms with Crippen LogP contribution in [0.4, 0.5) is 11.4 Å². The molecule has 2 aromatic carbocycles. The highest BCUT2D eigenvalue weighted by molar-refractivity contribution is 6.22. The summed E-state index contributed by atoms with van der Waals surface area (Å²) in [6.07, 6.45) is 4.57. The first-order chi connectivity index (χ1) is 16.3. The second kappa shape index (κ2) is 8.56. The number of fused-ring (bicyclic) bond motifs is 1. The summed E-state index contributed by atoms with van der Waals surface area (Å²) in [5.41, 5.74) is 2.19. The number of rotatable bonds is 4. The number of nitrogens with zero attached hydrogens (tertiary/aromatic N) is 2. The Hall–Kier alpha value is -3.74. The van der Waals surface area contributed by atoms with Crippen LogP contribution in [0, 0.1) is 30.6 Å². The summed E-state index contributed by atoms with van der Waals surface area (Å²) in [6.45, 7) is 4.14. The van der Waals surface area contributed by atoms with Crippen molar-refractivity contribution in [2.24, 2.45) is 23.7 Å². The summed E-state index contributed by atoms with van der Waals surface area (Å²) >= 11 is 0. The number of carbonyl (C=O) groups excluding carboxylic acids is 4. The van der Waals surface area contributed by atoms with Crippen LogP contribution in [-0.4, -0.2) is 30.2 Å². The Morgan fingerprint density at radius 3 is 2.53 bits per heavy atom. The Bertz CT molecular complexity index is 1220. The summed E-state index contributed by atoms with van der Waals surface area (Å²) in [5.74, 6) is -2.14. The second-order valence-corrected chi connectivity index (χ2v) is 9.33. The summed E-state index contributed by atoms with van der Waals surface area (Å²) in [7, 11) is 0. The highest BCUT2D eigenvalue weighted by Crippen LogP contribution is 2.41. The zero-order valence-corrected chi connectivity index (χ0v) is 19.1. The molecule has 5 rings (SSSR count). The van der Waals surface area contributed by atoms with E-state index in [1.807, 2.05) is 50.3 Å². The zero-order chi connectivity index (χ0) is 24.0. The lowest BCUT2D eigenvalue weighted by Gasteiger charge is -2.22. The first kappa shape index (κ1) is 22.1. The number of hydrogen-bond donors (Lipinski definition) is 0. The highest BCUT2D eigenvalue weighted by Gasteiger charge is 2.50. The predicted molar refractivity (Wildman–Crippen MR) is 126 cm³/mol. The van der Waals surface area contributed by atoms with Gasteiger partial charge in [0, 0.05) is 24.7 Å². The van der Waals surface area contributed by atoms with Gasteiger partial charge in [0.1, 0.15) is 5.75 Å². The van der Waals surface area contributed by atoms with Crippen LogP contribution in [-0.2, 0) is 19.2 Å². The van der Waals surface area contributed by atoms with Crippen LogP contribution in [0.3, 0.4) is 0 Å². The third kappa shape index (κ3) is 3.81. The van der Waals surface area contributed by atoms with Crippen LogP contribution in [0.2, 0.25) is 0 Å². The van der Waals surface area contributed by atoms with Crippen molar-refractivity contribution < 1.29 is 23.9 Å². The molecule has 3 amide bonds. The molecular formula is C27H26N2O5. The Morgan fingerprint density at radius 1 is 1.00 bits per heavy atom. The number of allylic oxidation sites excluding steroid dienone is 2. The smallest absolute Gasteiger partial charge is 0.316 e. The van der Waals surface area contributed by atoms with Gasteiger partial charge in [-0.2, -0.15) is 0 Å². The van der Waals surface area contributed by atoms with Crippen molar-refractivity contribution in [1.82, 2.24) is 0 Å². The number of anilines is 2. The second-order valence-electron chi connectivity index (χ2n) is 9.33. The van der Waals surface area contributed by atoms with Crippen molar-refractivity contribution >= 4 is 35.1 Å². The van der Waals surface area contributed by atoms with Crippen molar-refractivity contribution in [2.75, 3.05) is 16.3 Å². The van der Waals surface area contributed by atoms with Crippen LogP contribution in [0.25, 0.3) is 0 Å². The minimum atomic E-state index is -0.596. The summed E-state index contributed by atoms with van der Waals surface area (Å²) < 4.78 is 5.59. The topological polar surface area (TPSA) is 84.0 Å². The molecule has 7 heteroatoms. The molecule has 1 aliphatic carbocycles. The van der Waals surface area contributed by atoms with E-state index in [9.17, 15) is 19.2 Å². The predicted octanol–water partition coefficient (Wildman–Crippen LogP) is 3.66. The molecular weight excluding hydrogens is 432 g/mol. The van der Waals surface area contributed by atoms with Gasteiger partial charge < -0.3 is 9.64 Å². The molecule has 7 nitrogen and oxygen atoms in total. The van der Waals surface area contributed by atoms with Gasteiger partial charge in [-0.25, -0.2) is 4.90 Å². The van der Waals surface area contributed by atoms with Gasteiger partial charge in [0.25, 0.3) is 0 Å². The fraction of sp³-hybridized carbons (Fsp3) is 0.333. The molecule has 0 saturated carbocycles. The molecule has 2 saturated heterocycles. The van der Waals surface area contributed by atoms with E-state index < -0.39 is 11.9 Å². The van der Waals surface area contributed by atoms with Crippen molar-refractivity contribution in [1.29, 1.82) is 0 Å². The van der Waals surface area contributed by atoms with E-state index in [-0.39, 0.29) is 54.2 Å². The number of carbonyl (C=O) groups is 4. The van der Waals surface area contributed by atoms with Gasteiger partial charge in [0.05, 0.1) is 23.4 Å². The standard InChI is InChI=1S/C27H26N2O5/c1-16-6-3-8-19(12-16)28-15-18(13-23(28)30)27(33)34-21-10-5-9-20(14-21)29-25(31)22-11-4-7-17(2)24(22)26(29)32/h3-10,12,14,17-18,22,24H,11,13,15H2,1-2H3/t17-,18-,22-,24-/m1/s1. The van der Waals surface area contributed by atoms with Gasteiger partial charge in [0.15, 0.2) is 0 Å². The van der Waals surface area contributed by atoms with E-state index in [1.54, 1.807) is 23.1 Å². The molecule has 0 aromatic heterocycles. The summed E-state index contributed by atoms with van der Waals surface area (Å²) in [6, 6.07) is 14.1. The van der Waals surface area contributed by atoms with Crippen LogP contribution >= 0.6 is 0 Å². The van der Waals surface area contributed by atoms with Crippen molar-refractivity contribution in [3.63, 3.8) is 0 Å². The third-order valence-electron chi connectivity index (χ3n) is 6.94. The number of ether oxygens (including phenoxy) is 1. The quantitative estimate of drug-likeness (QED) is 0.302. The molecule has 174 valence electrons. The molecule has 0 spiro atoms. The van der Waals surface area contributed by atoms with E-state index in [0.29, 0.717) is 12.1 Å². The molecule has 2 aliphatic heterocycles. The first-order valence-corrected chi connectivity index (χ1v) is 11.6. The number of benzene rings is 2. The molecule has 34 heavy (non-hydrogen) atoms. The van der Waals surface area contributed by atoms with Crippen LogP contribution in [0.1, 0.15) is 25.3 Å². The minimum absolute atomic E-state index is 0.00235. The fourth-order valence-corrected chi connectivity index (χ4v) is 5.20. The molecule has 4 atom stereocenters. The van der Waals surface area contributed by atoms with Gasteiger partial charge in [-0.05, 0) is 49.1 Å². The fourth-order valence-electron chi connectivity index (χ4n) is 5.20. The molecule has 0 unspecified atom stereocenters. The number of esters is 1. The average molecular weight is 459 g/mol. The molecule has 2 aromatic rings. The van der Waals surface area contributed by atoms with E-state index in [0.717, 1.165) is 11.3 Å². The lowest BCUT2D eigenvalue weighted by Crippen LogP contribution is -2.31. The number of imide groups is 1. The summed E-state index contributed by atoms with van der Waals surface area (Å²) in [4.78, 5) is 54.3. The minimum Gasteiger partial charge on any atom is -0.426 e. The van der Waals surface area contributed by atoms with E-state index in [1.165, 1.54) is 11.0 Å². The molecule has 2 heterocycles.